The SMILES string of the molecule is CCOC(=O)C1=C(C(=O)OCC)N(CC2CCCCC2)CCC1=O. The van der Waals surface area contributed by atoms with E-state index in [4.69, 9.17) is 9.47 Å². The van der Waals surface area contributed by atoms with Crippen molar-refractivity contribution in [3.63, 3.8) is 0 Å². The average molecular weight is 337 g/mol. The van der Waals surface area contributed by atoms with E-state index in [1.165, 1.54) is 19.3 Å². The Morgan fingerprint density at radius 1 is 1.04 bits per heavy atom. The lowest BCUT2D eigenvalue weighted by atomic mass is 9.88. The van der Waals surface area contributed by atoms with Gasteiger partial charge in [0.15, 0.2) is 5.78 Å². The number of nitrogens with zero attached hydrogens (tertiary/aromatic N) is 1. The van der Waals surface area contributed by atoms with Gasteiger partial charge in [-0.15, -0.1) is 0 Å². The number of hydrogen-bond acceptors (Lipinski definition) is 6. The van der Waals surface area contributed by atoms with Crippen LogP contribution in [-0.4, -0.2) is 48.9 Å². The Labute approximate surface area is 143 Å². The molecule has 0 unspecified atom stereocenters. The Hall–Kier alpha value is -1.85. The van der Waals surface area contributed by atoms with Crippen molar-refractivity contribution in [2.75, 3.05) is 26.3 Å². The average Bonchev–Trinajstić information content (AvgIpc) is 2.57. The summed E-state index contributed by atoms with van der Waals surface area (Å²) in [7, 11) is 0. The van der Waals surface area contributed by atoms with Crippen molar-refractivity contribution in [1.82, 2.24) is 4.90 Å². The van der Waals surface area contributed by atoms with Gasteiger partial charge in [-0.1, -0.05) is 19.3 Å². The van der Waals surface area contributed by atoms with Crippen LogP contribution in [0.4, 0.5) is 0 Å². The highest BCUT2D eigenvalue weighted by Crippen LogP contribution is 2.29. The van der Waals surface area contributed by atoms with E-state index in [-0.39, 0.29) is 36.7 Å². The number of carbonyl (C=O) groups is 3. The maximum absolute atomic E-state index is 12.4. The second-order valence-electron chi connectivity index (χ2n) is 6.29. The molecular weight excluding hydrogens is 310 g/mol. The van der Waals surface area contributed by atoms with Gasteiger partial charge in [0.05, 0.1) is 13.2 Å². The molecule has 0 saturated heterocycles. The number of hydrogen-bond donors (Lipinski definition) is 0. The Bertz CT molecular complexity index is 520. The highest BCUT2D eigenvalue weighted by Gasteiger charge is 2.37. The maximum Gasteiger partial charge on any atom is 0.355 e. The molecule has 0 atom stereocenters. The first-order chi connectivity index (χ1) is 11.6. The fraction of sp³-hybridized carbons (Fsp3) is 0.722. The largest absolute Gasteiger partial charge is 0.462 e. The molecule has 0 aromatic carbocycles. The standard InChI is InChI=1S/C18H27NO5/c1-3-23-17(21)15-14(20)10-11-19(16(15)18(22)24-4-2)12-13-8-6-5-7-9-13/h13H,3-12H2,1-2H3. The summed E-state index contributed by atoms with van der Waals surface area (Å²) in [5.74, 6) is -1.18. The van der Waals surface area contributed by atoms with Crippen molar-refractivity contribution in [3.05, 3.63) is 11.3 Å². The number of rotatable bonds is 6. The molecule has 0 aromatic heterocycles. The van der Waals surface area contributed by atoms with Crippen LogP contribution < -0.4 is 0 Å². The van der Waals surface area contributed by atoms with Gasteiger partial charge in [0.1, 0.15) is 11.3 Å². The first kappa shape index (κ1) is 18.5. The van der Waals surface area contributed by atoms with Crippen LogP contribution in [0.1, 0.15) is 52.4 Å². The summed E-state index contributed by atoms with van der Waals surface area (Å²) in [4.78, 5) is 38.8. The first-order valence-electron chi connectivity index (χ1n) is 8.95. The molecule has 2 rings (SSSR count). The number of ketones is 1. The van der Waals surface area contributed by atoms with E-state index in [1.807, 2.05) is 4.90 Å². The lowest BCUT2D eigenvalue weighted by molar-refractivity contribution is -0.145. The fourth-order valence-electron chi connectivity index (χ4n) is 3.47. The van der Waals surface area contributed by atoms with E-state index in [1.54, 1.807) is 13.8 Å². The van der Waals surface area contributed by atoms with Gasteiger partial charge in [-0.05, 0) is 32.6 Å². The van der Waals surface area contributed by atoms with Gasteiger partial charge < -0.3 is 14.4 Å². The summed E-state index contributed by atoms with van der Waals surface area (Å²) in [5.41, 5.74) is -0.0468. The molecule has 0 bridgehead atoms. The third-order valence-corrected chi connectivity index (χ3v) is 4.59. The van der Waals surface area contributed by atoms with Crippen LogP contribution in [-0.2, 0) is 23.9 Å². The summed E-state index contributed by atoms with van der Waals surface area (Å²) < 4.78 is 10.1. The van der Waals surface area contributed by atoms with Gasteiger partial charge in [-0.25, -0.2) is 9.59 Å². The van der Waals surface area contributed by atoms with Gasteiger partial charge in [-0.3, -0.25) is 4.79 Å². The molecule has 0 spiro atoms. The fourth-order valence-corrected chi connectivity index (χ4v) is 3.47. The van der Waals surface area contributed by atoms with Crippen molar-refractivity contribution < 1.29 is 23.9 Å². The van der Waals surface area contributed by atoms with Crippen LogP contribution in [0.2, 0.25) is 0 Å². The van der Waals surface area contributed by atoms with Crippen LogP contribution in [0.5, 0.6) is 0 Å². The van der Waals surface area contributed by atoms with Gasteiger partial charge in [-0.2, -0.15) is 0 Å². The van der Waals surface area contributed by atoms with Crippen LogP contribution in [0.15, 0.2) is 11.3 Å². The third kappa shape index (κ3) is 4.36. The van der Waals surface area contributed by atoms with Crippen molar-refractivity contribution in [2.24, 2.45) is 5.92 Å². The summed E-state index contributed by atoms with van der Waals surface area (Å²) in [6.45, 7) is 4.88. The predicted molar refractivity (Wildman–Crippen MR) is 88.1 cm³/mol. The molecule has 1 saturated carbocycles. The highest BCUT2D eigenvalue weighted by atomic mass is 16.5. The van der Waals surface area contributed by atoms with Gasteiger partial charge in [0, 0.05) is 19.5 Å². The molecule has 0 N–H and O–H groups in total. The molecule has 2 aliphatic rings. The molecule has 1 aliphatic heterocycles. The minimum Gasteiger partial charge on any atom is -0.462 e. The summed E-state index contributed by atoms with van der Waals surface area (Å²) in [6, 6.07) is 0. The van der Waals surface area contributed by atoms with Crippen molar-refractivity contribution in [3.8, 4) is 0 Å². The smallest absolute Gasteiger partial charge is 0.355 e. The number of carbonyl (C=O) groups excluding carboxylic acids is 3. The molecule has 0 aromatic rings. The second-order valence-corrected chi connectivity index (χ2v) is 6.29. The molecule has 1 fully saturated rings. The Morgan fingerprint density at radius 3 is 2.29 bits per heavy atom. The zero-order chi connectivity index (χ0) is 17.5. The monoisotopic (exact) mass is 337 g/mol. The van der Waals surface area contributed by atoms with E-state index in [0.29, 0.717) is 19.0 Å². The van der Waals surface area contributed by atoms with E-state index in [2.05, 4.69) is 0 Å². The Balaban J connectivity index is 2.31. The summed E-state index contributed by atoms with van der Waals surface area (Å²) in [5, 5.41) is 0. The quantitative estimate of drug-likeness (QED) is 0.547. The lowest BCUT2D eigenvalue weighted by Gasteiger charge is -2.35. The predicted octanol–water partition coefficient (Wildman–Crippen LogP) is 2.22. The topological polar surface area (TPSA) is 72.9 Å². The van der Waals surface area contributed by atoms with E-state index in [9.17, 15) is 14.4 Å². The number of esters is 2. The van der Waals surface area contributed by atoms with Gasteiger partial charge in [0.25, 0.3) is 0 Å². The zero-order valence-electron chi connectivity index (χ0n) is 14.6. The van der Waals surface area contributed by atoms with Crippen molar-refractivity contribution >= 4 is 17.7 Å². The Morgan fingerprint density at radius 2 is 1.67 bits per heavy atom. The molecule has 6 nitrogen and oxygen atoms in total. The lowest BCUT2D eigenvalue weighted by Crippen LogP contribution is -2.42. The molecule has 1 heterocycles. The molecule has 24 heavy (non-hydrogen) atoms. The summed E-state index contributed by atoms with van der Waals surface area (Å²) >= 11 is 0. The Kier molecular flexibility index (Phi) is 6.82. The minimum atomic E-state index is -0.723. The van der Waals surface area contributed by atoms with E-state index < -0.39 is 11.9 Å². The number of Topliss-reactive ketones (excluding diaryl/α,β-unsaturated/α-hetero) is 1. The second kappa shape index (κ2) is 8.85. The molecule has 1 aliphatic carbocycles. The van der Waals surface area contributed by atoms with Gasteiger partial charge in [0.2, 0.25) is 0 Å². The van der Waals surface area contributed by atoms with Crippen LogP contribution in [0.25, 0.3) is 0 Å². The van der Waals surface area contributed by atoms with Gasteiger partial charge >= 0.3 is 11.9 Å². The van der Waals surface area contributed by atoms with Crippen molar-refractivity contribution in [1.29, 1.82) is 0 Å². The molecular formula is C18H27NO5. The maximum atomic E-state index is 12.4. The molecule has 134 valence electrons. The van der Waals surface area contributed by atoms with E-state index in [0.717, 1.165) is 12.8 Å². The van der Waals surface area contributed by atoms with Crippen LogP contribution in [0.3, 0.4) is 0 Å². The van der Waals surface area contributed by atoms with Crippen LogP contribution >= 0.6 is 0 Å². The van der Waals surface area contributed by atoms with Crippen molar-refractivity contribution in [2.45, 2.75) is 52.4 Å². The minimum absolute atomic E-state index is 0.0946. The molecule has 0 radical (unpaired) electrons. The number of ether oxygens (including phenoxy) is 2. The van der Waals surface area contributed by atoms with Crippen LogP contribution in [0, 0.1) is 5.92 Å². The third-order valence-electron chi connectivity index (χ3n) is 4.59. The zero-order valence-corrected chi connectivity index (χ0v) is 14.6. The first-order valence-corrected chi connectivity index (χ1v) is 8.95. The normalized spacial score (nSPS) is 19.4. The molecule has 6 heteroatoms. The van der Waals surface area contributed by atoms with E-state index >= 15 is 0 Å². The molecule has 0 amide bonds. The summed E-state index contributed by atoms with van der Waals surface area (Å²) in [6.07, 6.45) is 6.11. The highest BCUT2D eigenvalue weighted by molar-refractivity contribution is 6.22.